The quantitative estimate of drug-likeness (QED) is 0.829. The summed E-state index contributed by atoms with van der Waals surface area (Å²) in [5.74, 6) is -3.17. The van der Waals surface area contributed by atoms with Crippen LogP contribution in [0, 0.1) is 0 Å². The summed E-state index contributed by atoms with van der Waals surface area (Å²) in [5, 5.41) is 2.26. The van der Waals surface area contributed by atoms with Gasteiger partial charge in [0.1, 0.15) is 6.04 Å². The molecule has 0 radical (unpaired) electrons. The number of hydrogen-bond donors (Lipinski definition) is 1. The van der Waals surface area contributed by atoms with Crippen molar-refractivity contribution in [3.05, 3.63) is 34.9 Å². The van der Waals surface area contributed by atoms with Gasteiger partial charge in [-0.25, -0.2) is 13.6 Å². The molecule has 0 aromatic heterocycles. The monoisotopic (exact) mass is 247 g/mol. The summed E-state index contributed by atoms with van der Waals surface area (Å²) in [6, 6.07) is 4.72. The van der Waals surface area contributed by atoms with E-state index in [2.05, 4.69) is 10.1 Å². The van der Waals surface area contributed by atoms with Crippen LogP contribution in [-0.4, -0.2) is 18.6 Å². The van der Waals surface area contributed by atoms with Crippen LogP contribution in [0.2, 0.25) is 5.02 Å². The highest BCUT2D eigenvalue weighted by atomic mass is 35.5. The molecule has 0 unspecified atom stereocenters. The zero-order valence-corrected chi connectivity index (χ0v) is 8.80. The van der Waals surface area contributed by atoms with Gasteiger partial charge in [-0.3, -0.25) is 0 Å². The second-order valence-electron chi connectivity index (χ2n) is 3.44. The lowest BCUT2D eigenvalue weighted by Gasteiger charge is -2.32. The summed E-state index contributed by atoms with van der Waals surface area (Å²) in [6.07, 6.45) is -0.865. The Kier molecular flexibility index (Phi) is 2.71. The van der Waals surface area contributed by atoms with Crippen molar-refractivity contribution in [2.24, 2.45) is 0 Å². The molecule has 1 heterocycles. The largest absolute Gasteiger partial charge is 0.443 e. The summed E-state index contributed by atoms with van der Waals surface area (Å²) < 4.78 is 31.3. The second kappa shape index (κ2) is 3.90. The molecule has 1 atom stereocenters. The van der Waals surface area contributed by atoms with Gasteiger partial charge in [-0.2, -0.15) is 0 Å². The Morgan fingerprint density at radius 3 is 2.81 bits per heavy atom. The average Bonchev–Trinajstić information content (AvgIpc) is 2.23. The minimum Gasteiger partial charge on any atom is -0.443 e. The Morgan fingerprint density at radius 1 is 1.44 bits per heavy atom. The molecule has 86 valence electrons. The van der Waals surface area contributed by atoms with Crippen molar-refractivity contribution in [2.45, 2.75) is 12.0 Å². The molecule has 1 aromatic rings. The van der Waals surface area contributed by atoms with Crippen LogP contribution in [0.15, 0.2) is 24.3 Å². The standard InChI is InChI=1S/C10H8ClF2NO2/c11-7-4-2-1-3-6(7)8-10(12,13)5-16-9(15)14-8/h1-4,8H,5H2,(H,14,15)/t8-/m0/s1. The predicted octanol–water partition coefficient (Wildman–Crippen LogP) is 2.76. The van der Waals surface area contributed by atoms with Crippen LogP contribution in [0.3, 0.4) is 0 Å². The minimum atomic E-state index is -3.17. The van der Waals surface area contributed by atoms with E-state index in [0.717, 1.165) is 0 Å². The van der Waals surface area contributed by atoms with Crippen LogP contribution in [0.1, 0.15) is 11.6 Å². The van der Waals surface area contributed by atoms with Gasteiger partial charge in [0, 0.05) is 5.02 Å². The SMILES string of the molecule is O=C1N[C@@H](c2ccccc2Cl)C(F)(F)CO1. The number of nitrogens with one attached hydrogen (secondary N) is 1. The van der Waals surface area contributed by atoms with E-state index in [1.807, 2.05) is 0 Å². The predicted molar refractivity (Wildman–Crippen MR) is 53.6 cm³/mol. The molecule has 1 fully saturated rings. The van der Waals surface area contributed by atoms with Crippen LogP contribution < -0.4 is 5.32 Å². The van der Waals surface area contributed by atoms with Crippen LogP contribution in [-0.2, 0) is 4.74 Å². The highest BCUT2D eigenvalue weighted by Crippen LogP contribution is 2.37. The summed E-state index contributed by atoms with van der Waals surface area (Å²) in [4.78, 5) is 10.9. The number of hydrogen-bond acceptors (Lipinski definition) is 2. The molecule has 3 nitrogen and oxygen atoms in total. The third-order valence-electron chi connectivity index (χ3n) is 2.30. The number of halogens is 3. The first-order valence-electron chi connectivity index (χ1n) is 4.56. The molecule has 0 spiro atoms. The van der Waals surface area contributed by atoms with Crippen molar-refractivity contribution in [2.75, 3.05) is 6.61 Å². The van der Waals surface area contributed by atoms with Gasteiger partial charge in [0.2, 0.25) is 0 Å². The zero-order chi connectivity index (χ0) is 11.8. The highest BCUT2D eigenvalue weighted by Gasteiger charge is 2.47. The number of ether oxygens (including phenoxy) is 1. The zero-order valence-electron chi connectivity index (χ0n) is 8.04. The molecular formula is C10H8ClF2NO2. The fraction of sp³-hybridized carbons (Fsp3) is 0.300. The molecule has 1 aliphatic heterocycles. The van der Waals surface area contributed by atoms with Crippen molar-refractivity contribution < 1.29 is 18.3 Å². The maximum Gasteiger partial charge on any atom is 0.408 e. The first-order valence-corrected chi connectivity index (χ1v) is 4.94. The van der Waals surface area contributed by atoms with E-state index in [0.29, 0.717) is 0 Å². The van der Waals surface area contributed by atoms with E-state index in [1.54, 1.807) is 12.1 Å². The minimum absolute atomic E-state index is 0.186. The average molecular weight is 248 g/mol. The Balaban J connectivity index is 2.38. The van der Waals surface area contributed by atoms with Crippen molar-refractivity contribution in [3.63, 3.8) is 0 Å². The van der Waals surface area contributed by atoms with Gasteiger partial charge in [-0.05, 0) is 11.6 Å². The Hall–Kier alpha value is -1.36. The fourth-order valence-corrected chi connectivity index (χ4v) is 1.77. The Bertz CT molecular complexity index is 425. The molecule has 1 aromatic carbocycles. The van der Waals surface area contributed by atoms with Gasteiger partial charge in [-0.1, -0.05) is 29.8 Å². The lowest BCUT2D eigenvalue weighted by molar-refractivity contribution is -0.104. The van der Waals surface area contributed by atoms with E-state index in [1.165, 1.54) is 12.1 Å². The van der Waals surface area contributed by atoms with Crippen LogP contribution in [0.4, 0.5) is 13.6 Å². The van der Waals surface area contributed by atoms with E-state index in [9.17, 15) is 13.6 Å². The number of alkyl carbamates (subject to hydrolysis) is 1. The Labute approximate surface area is 95.3 Å². The number of alkyl halides is 2. The third kappa shape index (κ3) is 1.95. The number of amides is 1. The molecular weight excluding hydrogens is 240 g/mol. The van der Waals surface area contributed by atoms with E-state index < -0.39 is 24.7 Å². The van der Waals surface area contributed by atoms with Gasteiger partial charge in [0.05, 0.1) is 0 Å². The van der Waals surface area contributed by atoms with Gasteiger partial charge in [0.25, 0.3) is 0 Å². The first kappa shape index (κ1) is 11.1. The fourth-order valence-electron chi connectivity index (χ4n) is 1.52. The summed E-state index contributed by atoms with van der Waals surface area (Å²) in [7, 11) is 0. The third-order valence-corrected chi connectivity index (χ3v) is 2.64. The topological polar surface area (TPSA) is 38.3 Å². The number of cyclic esters (lactones) is 1. The van der Waals surface area contributed by atoms with Gasteiger partial charge in [0.15, 0.2) is 6.61 Å². The van der Waals surface area contributed by atoms with Gasteiger partial charge < -0.3 is 10.1 Å². The Morgan fingerprint density at radius 2 is 2.12 bits per heavy atom. The molecule has 16 heavy (non-hydrogen) atoms. The summed E-state index contributed by atoms with van der Waals surface area (Å²) in [6.45, 7) is -0.936. The van der Waals surface area contributed by atoms with Crippen LogP contribution in [0.5, 0.6) is 0 Å². The maximum absolute atomic E-state index is 13.5. The smallest absolute Gasteiger partial charge is 0.408 e. The molecule has 6 heteroatoms. The molecule has 0 saturated carbocycles. The number of rotatable bonds is 1. The van der Waals surface area contributed by atoms with Crippen LogP contribution >= 0.6 is 11.6 Å². The lowest BCUT2D eigenvalue weighted by Crippen LogP contribution is -2.49. The van der Waals surface area contributed by atoms with E-state index >= 15 is 0 Å². The maximum atomic E-state index is 13.5. The lowest BCUT2D eigenvalue weighted by atomic mass is 10.0. The second-order valence-corrected chi connectivity index (χ2v) is 3.84. The highest BCUT2D eigenvalue weighted by molar-refractivity contribution is 6.31. The summed E-state index contributed by atoms with van der Waals surface area (Å²) >= 11 is 5.81. The van der Waals surface area contributed by atoms with Gasteiger partial charge >= 0.3 is 12.0 Å². The molecule has 0 bridgehead atoms. The first-order chi connectivity index (χ1) is 7.50. The molecule has 0 aliphatic carbocycles. The van der Waals surface area contributed by atoms with Crippen LogP contribution in [0.25, 0.3) is 0 Å². The summed E-state index contributed by atoms with van der Waals surface area (Å²) in [5.41, 5.74) is 0.186. The number of carbonyl (C=O) groups is 1. The van der Waals surface area contributed by atoms with Crippen molar-refractivity contribution in [1.29, 1.82) is 0 Å². The van der Waals surface area contributed by atoms with Crippen molar-refractivity contribution in [1.82, 2.24) is 5.32 Å². The number of carbonyl (C=O) groups excluding carboxylic acids is 1. The molecule has 1 N–H and O–H groups in total. The van der Waals surface area contributed by atoms with Crippen molar-refractivity contribution >= 4 is 17.7 Å². The van der Waals surface area contributed by atoms with E-state index in [4.69, 9.17) is 11.6 Å². The molecule has 1 amide bonds. The van der Waals surface area contributed by atoms with Crippen molar-refractivity contribution in [3.8, 4) is 0 Å². The van der Waals surface area contributed by atoms with Gasteiger partial charge in [-0.15, -0.1) is 0 Å². The van der Waals surface area contributed by atoms with E-state index in [-0.39, 0.29) is 10.6 Å². The normalized spacial score (nSPS) is 23.4. The molecule has 1 saturated heterocycles. The number of benzene rings is 1. The molecule has 2 rings (SSSR count). The molecule has 1 aliphatic rings.